The standard InChI is InChI=1S/C11H12ClN7O/c1-5-7(10(13)20)9(8-6(12)3-15-18(8)2)19-11(17-5)14-4-16-19/h3-4,9H,1-2H3,(H2,13,20)(H,14,16,17)/t9-/m1/s1. The Morgan fingerprint density at radius 2 is 2.25 bits per heavy atom. The van der Waals surface area contributed by atoms with Crippen molar-refractivity contribution in [2.45, 2.75) is 13.0 Å². The highest BCUT2D eigenvalue weighted by atomic mass is 35.5. The molecule has 1 aliphatic heterocycles. The number of anilines is 1. The highest BCUT2D eigenvalue weighted by Crippen LogP contribution is 2.36. The minimum atomic E-state index is -0.550. The molecule has 1 amide bonds. The Morgan fingerprint density at radius 1 is 1.50 bits per heavy atom. The van der Waals surface area contributed by atoms with Crippen LogP contribution in [0.1, 0.15) is 18.7 Å². The maximum absolute atomic E-state index is 11.8. The van der Waals surface area contributed by atoms with Crippen LogP contribution in [0.5, 0.6) is 0 Å². The lowest BCUT2D eigenvalue weighted by molar-refractivity contribution is -0.115. The molecule has 0 unspecified atom stereocenters. The van der Waals surface area contributed by atoms with Crippen LogP contribution in [-0.2, 0) is 11.8 Å². The largest absolute Gasteiger partial charge is 0.366 e. The molecule has 0 aromatic carbocycles. The first-order chi connectivity index (χ1) is 9.50. The second-order valence-corrected chi connectivity index (χ2v) is 4.87. The van der Waals surface area contributed by atoms with Gasteiger partial charge in [0.2, 0.25) is 11.9 Å². The summed E-state index contributed by atoms with van der Waals surface area (Å²) in [4.78, 5) is 15.9. The third-order valence-electron chi connectivity index (χ3n) is 3.26. The van der Waals surface area contributed by atoms with Crippen molar-refractivity contribution in [1.82, 2.24) is 24.5 Å². The van der Waals surface area contributed by atoms with Crippen molar-refractivity contribution in [1.29, 1.82) is 0 Å². The van der Waals surface area contributed by atoms with E-state index < -0.39 is 11.9 Å². The minimum absolute atomic E-state index is 0.383. The molecule has 1 atom stereocenters. The zero-order chi connectivity index (χ0) is 14.4. The topological polar surface area (TPSA) is 104 Å². The van der Waals surface area contributed by atoms with Crippen LogP contribution in [0, 0.1) is 0 Å². The molecule has 0 saturated heterocycles. The molecule has 0 bridgehead atoms. The second-order valence-electron chi connectivity index (χ2n) is 4.46. The van der Waals surface area contributed by atoms with Gasteiger partial charge in [0, 0.05) is 12.7 Å². The summed E-state index contributed by atoms with van der Waals surface area (Å²) in [6.07, 6.45) is 2.92. The normalized spacial score (nSPS) is 17.9. The van der Waals surface area contributed by atoms with Crippen molar-refractivity contribution in [2.75, 3.05) is 5.32 Å². The number of amides is 1. The number of carbonyl (C=O) groups is 1. The number of carbonyl (C=O) groups excluding carboxylic acids is 1. The number of hydrogen-bond donors (Lipinski definition) is 2. The van der Waals surface area contributed by atoms with E-state index in [0.29, 0.717) is 27.9 Å². The summed E-state index contributed by atoms with van der Waals surface area (Å²) in [5.41, 5.74) is 7.15. The monoisotopic (exact) mass is 293 g/mol. The fourth-order valence-electron chi connectivity index (χ4n) is 2.39. The van der Waals surface area contributed by atoms with Crippen molar-refractivity contribution in [2.24, 2.45) is 12.8 Å². The lowest BCUT2D eigenvalue weighted by Gasteiger charge is -2.27. The van der Waals surface area contributed by atoms with E-state index in [4.69, 9.17) is 17.3 Å². The molecule has 3 N–H and O–H groups in total. The number of hydrogen-bond acceptors (Lipinski definition) is 5. The average Bonchev–Trinajstić information content (AvgIpc) is 2.95. The lowest BCUT2D eigenvalue weighted by Crippen LogP contribution is -2.33. The number of primary amides is 1. The molecule has 104 valence electrons. The quantitative estimate of drug-likeness (QED) is 0.836. The van der Waals surface area contributed by atoms with Crippen LogP contribution in [0.3, 0.4) is 0 Å². The van der Waals surface area contributed by atoms with Gasteiger partial charge in [-0.05, 0) is 6.92 Å². The number of fused-ring (bicyclic) bond motifs is 1. The molecule has 0 aliphatic carbocycles. The maximum Gasteiger partial charge on any atom is 0.248 e. The molecule has 0 spiro atoms. The number of rotatable bonds is 2. The first-order valence-corrected chi connectivity index (χ1v) is 6.23. The molecule has 0 fully saturated rings. The van der Waals surface area contributed by atoms with Gasteiger partial charge in [0.1, 0.15) is 12.4 Å². The Morgan fingerprint density at radius 3 is 2.85 bits per heavy atom. The Labute approximate surface area is 119 Å². The zero-order valence-corrected chi connectivity index (χ0v) is 11.6. The van der Waals surface area contributed by atoms with Gasteiger partial charge < -0.3 is 11.1 Å². The van der Waals surface area contributed by atoms with E-state index in [1.165, 1.54) is 12.5 Å². The van der Waals surface area contributed by atoms with Crippen LogP contribution in [0.15, 0.2) is 23.8 Å². The van der Waals surface area contributed by atoms with Gasteiger partial charge in [0.05, 0.1) is 22.5 Å². The molecule has 3 rings (SSSR count). The first-order valence-electron chi connectivity index (χ1n) is 5.85. The predicted molar refractivity (Wildman–Crippen MR) is 71.9 cm³/mol. The maximum atomic E-state index is 11.8. The van der Waals surface area contributed by atoms with E-state index in [-0.39, 0.29) is 0 Å². The molecular weight excluding hydrogens is 282 g/mol. The number of allylic oxidation sites excluding steroid dienone is 1. The summed E-state index contributed by atoms with van der Waals surface area (Å²) in [6.45, 7) is 1.76. The van der Waals surface area contributed by atoms with E-state index >= 15 is 0 Å². The molecule has 1 aliphatic rings. The van der Waals surface area contributed by atoms with E-state index in [2.05, 4.69) is 20.5 Å². The van der Waals surface area contributed by atoms with Gasteiger partial charge in [-0.25, -0.2) is 4.68 Å². The third kappa shape index (κ3) is 1.68. The van der Waals surface area contributed by atoms with Crippen LogP contribution in [0.2, 0.25) is 5.02 Å². The van der Waals surface area contributed by atoms with Gasteiger partial charge in [-0.2, -0.15) is 15.2 Å². The van der Waals surface area contributed by atoms with Crippen molar-refractivity contribution >= 4 is 23.5 Å². The van der Waals surface area contributed by atoms with Crippen molar-refractivity contribution < 1.29 is 4.79 Å². The first kappa shape index (κ1) is 12.7. The van der Waals surface area contributed by atoms with Crippen molar-refractivity contribution in [3.8, 4) is 0 Å². The van der Waals surface area contributed by atoms with E-state index in [1.54, 1.807) is 23.3 Å². The summed E-state index contributed by atoms with van der Waals surface area (Å²) in [5, 5.41) is 11.7. The lowest BCUT2D eigenvalue weighted by atomic mass is 9.99. The fourth-order valence-corrected chi connectivity index (χ4v) is 2.66. The van der Waals surface area contributed by atoms with Gasteiger partial charge in [0.15, 0.2) is 0 Å². The van der Waals surface area contributed by atoms with Gasteiger partial charge in [-0.15, -0.1) is 0 Å². The van der Waals surface area contributed by atoms with Crippen LogP contribution >= 0.6 is 11.6 Å². The molecule has 20 heavy (non-hydrogen) atoms. The van der Waals surface area contributed by atoms with E-state index in [1.807, 2.05) is 0 Å². The van der Waals surface area contributed by atoms with Gasteiger partial charge in [0.25, 0.3) is 0 Å². The van der Waals surface area contributed by atoms with Crippen LogP contribution in [0.4, 0.5) is 5.95 Å². The Bertz CT molecular complexity index is 709. The highest BCUT2D eigenvalue weighted by Gasteiger charge is 2.35. The second kappa shape index (κ2) is 4.34. The number of aryl methyl sites for hydroxylation is 1. The number of nitrogens with one attached hydrogen (secondary N) is 1. The summed E-state index contributed by atoms with van der Waals surface area (Å²) in [5.74, 6) is -0.0202. The molecule has 3 heterocycles. The number of aromatic nitrogens is 5. The number of halogens is 1. The molecule has 2 aromatic rings. The predicted octanol–water partition coefficient (Wildman–Crippen LogP) is 0.439. The summed E-state index contributed by atoms with van der Waals surface area (Å²) in [6, 6.07) is -0.550. The molecule has 2 aromatic heterocycles. The van der Waals surface area contributed by atoms with E-state index in [0.717, 1.165) is 0 Å². The Hall–Kier alpha value is -2.35. The van der Waals surface area contributed by atoms with Crippen molar-refractivity contribution in [3.05, 3.63) is 34.5 Å². The molecular formula is C11H12ClN7O. The summed E-state index contributed by atoms with van der Waals surface area (Å²) >= 11 is 6.19. The van der Waals surface area contributed by atoms with Gasteiger partial charge in [-0.1, -0.05) is 11.6 Å². The third-order valence-corrected chi connectivity index (χ3v) is 3.55. The summed E-state index contributed by atoms with van der Waals surface area (Å²) < 4.78 is 3.16. The molecule has 0 radical (unpaired) electrons. The zero-order valence-electron chi connectivity index (χ0n) is 10.8. The van der Waals surface area contributed by atoms with E-state index in [9.17, 15) is 4.79 Å². The Kier molecular flexibility index (Phi) is 2.75. The average molecular weight is 294 g/mol. The minimum Gasteiger partial charge on any atom is -0.366 e. The SMILES string of the molecule is CC1=C(C(N)=O)[C@H](c2c(Cl)cnn2C)n2ncnc2N1. The van der Waals surface area contributed by atoms with Crippen molar-refractivity contribution in [3.63, 3.8) is 0 Å². The number of nitrogens with two attached hydrogens (primary N) is 1. The highest BCUT2D eigenvalue weighted by molar-refractivity contribution is 6.31. The van der Waals surface area contributed by atoms with Crippen LogP contribution in [0.25, 0.3) is 0 Å². The molecule has 0 saturated carbocycles. The summed E-state index contributed by atoms with van der Waals surface area (Å²) in [7, 11) is 1.74. The molecule has 9 heteroatoms. The Balaban J connectivity index is 2.28. The number of nitrogens with zero attached hydrogens (tertiary/aromatic N) is 5. The van der Waals surface area contributed by atoms with Crippen LogP contribution in [-0.4, -0.2) is 30.5 Å². The van der Waals surface area contributed by atoms with Crippen LogP contribution < -0.4 is 11.1 Å². The van der Waals surface area contributed by atoms with Gasteiger partial charge >= 0.3 is 0 Å². The van der Waals surface area contributed by atoms with Gasteiger partial charge in [-0.3, -0.25) is 9.48 Å². The smallest absolute Gasteiger partial charge is 0.248 e. The molecule has 8 nitrogen and oxygen atoms in total. The fraction of sp³-hybridized carbons (Fsp3) is 0.273.